The number of pyridine rings is 1. The van der Waals surface area contributed by atoms with Crippen LogP contribution in [0.5, 0.6) is 11.5 Å². The number of benzene rings is 2. The van der Waals surface area contributed by atoms with E-state index in [1.54, 1.807) is 21.1 Å². The highest BCUT2D eigenvalue weighted by Crippen LogP contribution is 2.27. The van der Waals surface area contributed by atoms with Gasteiger partial charge in [0.05, 0.1) is 14.2 Å². The second-order valence-electron chi connectivity index (χ2n) is 6.67. The molecule has 6 heteroatoms. The molecule has 0 saturated carbocycles. The molecule has 2 aromatic carbocycles. The van der Waals surface area contributed by atoms with E-state index in [1.807, 2.05) is 42.5 Å². The highest BCUT2D eigenvalue weighted by atomic mass is 16.5. The van der Waals surface area contributed by atoms with Crippen LogP contribution in [0.1, 0.15) is 23.1 Å². The van der Waals surface area contributed by atoms with Gasteiger partial charge in [-0.05, 0) is 54.1 Å². The lowest BCUT2D eigenvalue weighted by molar-refractivity contribution is -0.121. The second-order valence-corrected chi connectivity index (χ2v) is 6.67. The molecule has 0 atom stereocenters. The van der Waals surface area contributed by atoms with Crippen LogP contribution in [-0.4, -0.2) is 25.1 Å². The summed E-state index contributed by atoms with van der Waals surface area (Å²) in [5.41, 5.74) is 3.34. The number of aromatic amines is 1. The number of nitrogens with one attached hydrogen (secondary N) is 2. The molecule has 146 valence electrons. The Bertz CT molecular complexity index is 1060. The standard InChI is InChI=1S/C22H24N2O4/c1-14-10-17-7-4-15(11-18(17)24-22(14)26)6-9-21(25)23-13-16-5-8-19(27-2)20(12-16)28-3/h4-5,7-8,10-12H,6,9,13H2,1-3H3,(H,23,25)(H,24,26). The third-order valence-electron chi connectivity index (χ3n) is 4.67. The van der Waals surface area contributed by atoms with Gasteiger partial charge in [0.15, 0.2) is 11.5 Å². The Balaban J connectivity index is 1.58. The number of carbonyl (C=O) groups excluding carboxylic acids is 1. The SMILES string of the molecule is COc1ccc(CNC(=O)CCc2ccc3cc(C)c(=O)[nH]c3c2)cc1OC. The molecule has 0 aliphatic heterocycles. The summed E-state index contributed by atoms with van der Waals surface area (Å²) in [6.07, 6.45) is 0.971. The minimum atomic E-state index is -0.0858. The van der Waals surface area contributed by atoms with Gasteiger partial charge >= 0.3 is 0 Å². The van der Waals surface area contributed by atoms with E-state index in [1.165, 1.54) is 0 Å². The summed E-state index contributed by atoms with van der Waals surface area (Å²) in [5, 5.41) is 3.90. The van der Waals surface area contributed by atoms with Crippen LogP contribution < -0.4 is 20.3 Å². The summed E-state index contributed by atoms with van der Waals surface area (Å²) in [7, 11) is 3.17. The maximum absolute atomic E-state index is 12.2. The summed E-state index contributed by atoms with van der Waals surface area (Å²) in [4.78, 5) is 26.9. The van der Waals surface area contributed by atoms with Crippen molar-refractivity contribution in [2.24, 2.45) is 0 Å². The number of aromatic nitrogens is 1. The van der Waals surface area contributed by atoms with Crippen LogP contribution in [0.15, 0.2) is 47.3 Å². The van der Waals surface area contributed by atoms with Gasteiger partial charge in [0, 0.05) is 24.0 Å². The van der Waals surface area contributed by atoms with Crippen LogP contribution in [-0.2, 0) is 17.8 Å². The average Bonchev–Trinajstić information content (AvgIpc) is 2.71. The molecule has 0 fully saturated rings. The van der Waals surface area contributed by atoms with Gasteiger partial charge in [0.1, 0.15) is 0 Å². The van der Waals surface area contributed by atoms with Crippen LogP contribution in [0.2, 0.25) is 0 Å². The molecule has 3 aromatic rings. The molecular weight excluding hydrogens is 356 g/mol. The first-order chi connectivity index (χ1) is 13.5. The normalized spacial score (nSPS) is 10.7. The number of methoxy groups -OCH3 is 2. The van der Waals surface area contributed by atoms with Crippen LogP contribution >= 0.6 is 0 Å². The Labute approximate surface area is 163 Å². The molecule has 0 unspecified atom stereocenters. The summed E-state index contributed by atoms with van der Waals surface area (Å²) < 4.78 is 10.5. The van der Waals surface area contributed by atoms with Crippen molar-refractivity contribution in [1.29, 1.82) is 0 Å². The van der Waals surface area contributed by atoms with Gasteiger partial charge in [-0.25, -0.2) is 0 Å². The minimum absolute atomic E-state index is 0.0349. The first-order valence-corrected chi connectivity index (χ1v) is 9.10. The summed E-state index contributed by atoms with van der Waals surface area (Å²) in [6.45, 7) is 2.21. The first kappa shape index (κ1) is 19.5. The molecule has 3 rings (SSSR count). The molecule has 0 bridgehead atoms. The molecule has 1 heterocycles. The number of fused-ring (bicyclic) bond motifs is 1. The van der Waals surface area contributed by atoms with E-state index in [9.17, 15) is 9.59 Å². The molecule has 2 N–H and O–H groups in total. The number of ether oxygens (including phenoxy) is 2. The van der Waals surface area contributed by atoms with E-state index < -0.39 is 0 Å². The number of rotatable bonds is 7. The van der Waals surface area contributed by atoms with Gasteiger partial charge < -0.3 is 19.8 Å². The van der Waals surface area contributed by atoms with E-state index in [0.29, 0.717) is 36.4 Å². The van der Waals surface area contributed by atoms with E-state index in [4.69, 9.17) is 9.47 Å². The number of H-pyrrole nitrogens is 1. The Morgan fingerprint density at radius 1 is 1.00 bits per heavy atom. The van der Waals surface area contributed by atoms with E-state index >= 15 is 0 Å². The Morgan fingerprint density at radius 3 is 2.50 bits per heavy atom. The van der Waals surface area contributed by atoms with Crippen LogP contribution in [0.4, 0.5) is 0 Å². The molecule has 0 aliphatic rings. The van der Waals surface area contributed by atoms with Crippen molar-refractivity contribution in [1.82, 2.24) is 10.3 Å². The van der Waals surface area contributed by atoms with Crippen molar-refractivity contribution in [3.05, 3.63) is 69.5 Å². The molecule has 0 spiro atoms. The third-order valence-corrected chi connectivity index (χ3v) is 4.67. The van der Waals surface area contributed by atoms with Crippen molar-refractivity contribution in [3.8, 4) is 11.5 Å². The maximum atomic E-state index is 12.2. The van der Waals surface area contributed by atoms with Crippen molar-refractivity contribution < 1.29 is 14.3 Å². The molecule has 0 saturated heterocycles. The predicted octanol–water partition coefficient (Wildman–Crippen LogP) is 3.10. The zero-order valence-electron chi connectivity index (χ0n) is 16.3. The fourth-order valence-electron chi connectivity index (χ4n) is 3.05. The number of carbonyl (C=O) groups is 1. The largest absolute Gasteiger partial charge is 0.493 e. The number of hydrogen-bond donors (Lipinski definition) is 2. The van der Waals surface area contributed by atoms with Gasteiger partial charge in [-0.15, -0.1) is 0 Å². The second kappa shape index (κ2) is 8.61. The van der Waals surface area contributed by atoms with Crippen molar-refractivity contribution in [2.75, 3.05) is 14.2 Å². The van der Waals surface area contributed by atoms with E-state index in [0.717, 1.165) is 22.0 Å². The number of amides is 1. The zero-order valence-corrected chi connectivity index (χ0v) is 16.3. The van der Waals surface area contributed by atoms with Gasteiger partial charge in [0.2, 0.25) is 5.91 Å². The molecule has 0 aliphatic carbocycles. The highest BCUT2D eigenvalue weighted by molar-refractivity contribution is 5.80. The quantitative estimate of drug-likeness (QED) is 0.660. The molecule has 1 amide bonds. The third kappa shape index (κ3) is 4.52. The topological polar surface area (TPSA) is 80.4 Å². The fourth-order valence-corrected chi connectivity index (χ4v) is 3.05. The molecule has 28 heavy (non-hydrogen) atoms. The summed E-state index contributed by atoms with van der Waals surface area (Å²) in [5.74, 6) is 1.25. The maximum Gasteiger partial charge on any atom is 0.251 e. The summed E-state index contributed by atoms with van der Waals surface area (Å²) in [6, 6.07) is 13.3. The van der Waals surface area contributed by atoms with Crippen LogP contribution in [0, 0.1) is 6.92 Å². The van der Waals surface area contributed by atoms with Gasteiger partial charge in [-0.3, -0.25) is 9.59 Å². The van der Waals surface area contributed by atoms with Gasteiger partial charge in [-0.1, -0.05) is 18.2 Å². The van der Waals surface area contributed by atoms with Crippen LogP contribution in [0.3, 0.4) is 0 Å². The number of hydrogen-bond acceptors (Lipinski definition) is 4. The average molecular weight is 380 g/mol. The smallest absolute Gasteiger partial charge is 0.251 e. The first-order valence-electron chi connectivity index (χ1n) is 9.10. The Morgan fingerprint density at radius 2 is 1.75 bits per heavy atom. The van der Waals surface area contributed by atoms with Gasteiger partial charge in [0.25, 0.3) is 5.56 Å². The highest BCUT2D eigenvalue weighted by Gasteiger charge is 2.07. The Kier molecular flexibility index (Phi) is 5.99. The van der Waals surface area contributed by atoms with Crippen molar-refractivity contribution in [2.45, 2.75) is 26.3 Å². The lowest BCUT2D eigenvalue weighted by Gasteiger charge is -2.10. The van der Waals surface area contributed by atoms with E-state index in [-0.39, 0.29) is 11.5 Å². The van der Waals surface area contributed by atoms with Crippen molar-refractivity contribution in [3.63, 3.8) is 0 Å². The lowest BCUT2D eigenvalue weighted by Crippen LogP contribution is -2.23. The van der Waals surface area contributed by atoms with Crippen LogP contribution in [0.25, 0.3) is 10.9 Å². The lowest BCUT2D eigenvalue weighted by atomic mass is 10.1. The molecule has 0 radical (unpaired) electrons. The monoisotopic (exact) mass is 380 g/mol. The fraction of sp³-hybridized carbons (Fsp3) is 0.273. The molecular formula is C22H24N2O4. The minimum Gasteiger partial charge on any atom is -0.493 e. The molecule has 1 aromatic heterocycles. The van der Waals surface area contributed by atoms with Crippen molar-refractivity contribution >= 4 is 16.8 Å². The van der Waals surface area contributed by atoms with Gasteiger partial charge in [-0.2, -0.15) is 0 Å². The summed E-state index contributed by atoms with van der Waals surface area (Å²) >= 11 is 0. The van der Waals surface area contributed by atoms with E-state index in [2.05, 4.69) is 10.3 Å². The predicted molar refractivity (Wildman–Crippen MR) is 109 cm³/mol. The molecule has 6 nitrogen and oxygen atoms in total. The number of aryl methyl sites for hydroxylation is 2. The Hall–Kier alpha value is -3.28. The zero-order chi connectivity index (χ0) is 20.1.